The molecule has 6 heteroatoms. The molecule has 1 unspecified atom stereocenters. The molecule has 2 N–H and O–H groups in total. The number of aromatic nitrogens is 2. The van der Waals surface area contributed by atoms with Gasteiger partial charge in [0.1, 0.15) is 0 Å². The van der Waals surface area contributed by atoms with Gasteiger partial charge in [-0.25, -0.2) is 0 Å². The molecule has 2 aromatic heterocycles. The third-order valence-corrected chi connectivity index (χ3v) is 2.51. The van der Waals surface area contributed by atoms with Crippen molar-refractivity contribution in [2.75, 3.05) is 0 Å². The van der Waals surface area contributed by atoms with Crippen LogP contribution in [0.3, 0.4) is 0 Å². The molecule has 86 valence electrons. The second-order valence-corrected chi connectivity index (χ2v) is 3.80. The van der Waals surface area contributed by atoms with Crippen molar-refractivity contribution in [3.05, 3.63) is 23.4 Å². The molecule has 0 saturated heterocycles. The Morgan fingerprint density at radius 3 is 3.00 bits per heavy atom. The first kappa shape index (κ1) is 11.2. The van der Waals surface area contributed by atoms with Gasteiger partial charge >= 0.3 is 0 Å². The average Bonchev–Trinajstić information content (AvgIpc) is 2.86. The largest absolute Gasteiger partial charge is 0.452 e. The smallest absolute Gasteiger partial charge is 0.262 e. The van der Waals surface area contributed by atoms with Crippen molar-refractivity contribution in [2.24, 2.45) is 5.73 Å². The average molecular weight is 242 g/mol. The highest BCUT2D eigenvalue weighted by atomic mass is 35.5. The minimum absolute atomic E-state index is 0.201. The first-order valence-corrected chi connectivity index (χ1v) is 5.42. The van der Waals surface area contributed by atoms with Gasteiger partial charge in [0.2, 0.25) is 5.22 Å². The maximum atomic E-state index is 5.87. The summed E-state index contributed by atoms with van der Waals surface area (Å²) >= 11 is 5.80. The molecular formula is C10H12ClN3O2. The molecule has 16 heavy (non-hydrogen) atoms. The van der Waals surface area contributed by atoms with E-state index in [-0.39, 0.29) is 11.3 Å². The molecule has 0 radical (unpaired) electrons. The lowest BCUT2D eigenvalue weighted by atomic mass is 10.2. The van der Waals surface area contributed by atoms with Crippen LogP contribution in [-0.2, 0) is 0 Å². The summed E-state index contributed by atoms with van der Waals surface area (Å²) in [6.07, 6.45) is 3.25. The number of halogens is 1. The van der Waals surface area contributed by atoms with Crippen LogP contribution in [0, 0.1) is 0 Å². The SMILES string of the molecule is CCCC(N)c1noc(-c2ccoc2Cl)n1. The Morgan fingerprint density at radius 2 is 2.38 bits per heavy atom. The molecule has 0 saturated carbocycles. The number of hydrogen-bond acceptors (Lipinski definition) is 5. The summed E-state index contributed by atoms with van der Waals surface area (Å²) in [7, 11) is 0. The zero-order valence-electron chi connectivity index (χ0n) is 8.81. The van der Waals surface area contributed by atoms with Gasteiger partial charge in [-0.05, 0) is 24.1 Å². The van der Waals surface area contributed by atoms with Gasteiger partial charge in [-0.15, -0.1) is 0 Å². The second-order valence-electron chi connectivity index (χ2n) is 3.46. The Balaban J connectivity index is 2.23. The molecular weight excluding hydrogens is 230 g/mol. The number of rotatable bonds is 4. The molecule has 0 amide bonds. The number of nitrogens with two attached hydrogens (primary N) is 1. The quantitative estimate of drug-likeness (QED) is 0.891. The third-order valence-electron chi connectivity index (χ3n) is 2.22. The molecule has 0 aliphatic heterocycles. The molecule has 0 spiro atoms. The molecule has 0 aliphatic rings. The van der Waals surface area contributed by atoms with Crippen molar-refractivity contribution in [1.82, 2.24) is 10.1 Å². The molecule has 1 atom stereocenters. The summed E-state index contributed by atoms with van der Waals surface area (Å²) in [4.78, 5) is 4.18. The summed E-state index contributed by atoms with van der Waals surface area (Å²) in [5.41, 5.74) is 6.46. The van der Waals surface area contributed by atoms with Gasteiger partial charge in [0.15, 0.2) is 5.82 Å². The highest BCUT2D eigenvalue weighted by Crippen LogP contribution is 2.28. The van der Waals surface area contributed by atoms with Crippen LogP contribution in [0.2, 0.25) is 5.22 Å². The highest BCUT2D eigenvalue weighted by molar-refractivity contribution is 6.31. The number of hydrogen-bond donors (Lipinski definition) is 1. The van der Waals surface area contributed by atoms with Gasteiger partial charge in [0, 0.05) is 0 Å². The summed E-state index contributed by atoms with van der Waals surface area (Å²) in [5, 5.41) is 4.06. The van der Waals surface area contributed by atoms with E-state index in [0.29, 0.717) is 17.3 Å². The van der Waals surface area contributed by atoms with Crippen molar-refractivity contribution in [2.45, 2.75) is 25.8 Å². The lowest BCUT2D eigenvalue weighted by Gasteiger charge is -2.02. The first-order chi connectivity index (χ1) is 7.72. The van der Waals surface area contributed by atoms with E-state index >= 15 is 0 Å². The minimum Gasteiger partial charge on any atom is -0.452 e. The van der Waals surface area contributed by atoms with Gasteiger partial charge < -0.3 is 14.7 Å². The minimum atomic E-state index is -0.201. The lowest BCUT2D eigenvalue weighted by molar-refractivity contribution is 0.413. The van der Waals surface area contributed by atoms with E-state index in [9.17, 15) is 0 Å². The third kappa shape index (κ3) is 2.10. The molecule has 5 nitrogen and oxygen atoms in total. The Morgan fingerprint density at radius 1 is 1.56 bits per heavy atom. The Hall–Kier alpha value is -1.33. The lowest BCUT2D eigenvalue weighted by Crippen LogP contribution is -2.11. The molecule has 2 rings (SSSR count). The van der Waals surface area contributed by atoms with Gasteiger partial charge in [0.05, 0.1) is 17.9 Å². The van der Waals surface area contributed by atoms with Crippen molar-refractivity contribution >= 4 is 11.6 Å². The predicted molar refractivity (Wildman–Crippen MR) is 58.8 cm³/mol. The Labute approximate surface area is 97.6 Å². The van der Waals surface area contributed by atoms with Crippen LogP contribution in [-0.4, -0.2) is 10.1 Å². The molecule has 0 aromatic carbocycles. The monoisotopic (exact) mass is 241 g/mol. The summed E-state index contributed by atoms with van der Waals surface area (Å²) in [5.74, 6) is 0.828. The predicted octanol–water partition coefficient (Wildman–Crippen LogP) is 2.78. The van der Waals surface area contributed by atoms with Crippen molar-refractivity contribution in [3.8, 4) is 11.5 Å². The van der Waals surface area contributed by atoms with Crippen LogP contribution >= 0.6 is 11.6 Å². The van der Waals surface area contributed by atoms with Crippen molar-refractivity contribution in [1.29, 1.82) is 0 Å². The van der Waals surface area contributed by atoms with Crippen LogP contribution in [0.1, 0.15) is 31.6 Å². The van der Waals surface area contributed by atoms with Gasteiger partial charge in [-0.3, -0.25) is 0 Å². The van der Waals surface area contributed by atoms with E-state index in [4.69, 9.17) is 26.3 Å². The second kappa shape index (κ2) is 4.67. The maximum absolute atomic E-state index is 5.87. The summed E-state index contributed by atoms with van der Waals surface area (Å²) in [6.45, 7) is 2.05. The standard InChI is InChI=1S/C10H12ClN3O2/c1-2-3-7(12)9-13-10(16-14-9)6-4-5-15-8(6)11/h4-5,7H,2-3,12H2,1H3. The van der Waals surface area contributed by atoms with Crippen LogP contribution in [0.15, 0.2) is 21.3 Å². The van der Waals surface area contributed by atoms with Gasteiger partial charge in [-0.2, -0.15) is 4.98 Å². The van der Waals surface area contributed by atoms with Crippen LogP contribution in [0.25, 0.3) is 11.5 Å². The van der Waals surface area contributed by atoms with Gasteiger partial charge in [-0.1, -0.05) is 18.5 Å². The summed E-state index contributed by atoms with van der Waals surface area (Å²) in [6, 6.07) is 1.47. The van der Waals surface area contributed by atoms with Crippen LogP contribution in [0.5, 0.6) is 0 Å². The fourth-order valence-electron chi connectivity index (χ4n) is 1.38. The van der Waals surface area contributed by atoms with Crippen molar-refractivity contribution in [3.63, 3.8) is 0 Å². The van der Waals surface area contributed by atoms with E-state index in [2.05, 4.69) is 10.1 Å². The Kier molecular flexibility index (Phi) is 3.26. The van der Waals surface area contributed by atoms with Crippen LogP contribution < -0.4 is 5.73 Å². The zero-order valence-corrected chi connectivity index (χ0v) is 9.57. The maximum Gasteiger partial charge on any atom is 0.262 e. The van der Waals surface area contributed by atoms with E-state index in [1.54, 1.807) is 6.07 Å². The molecule has 2 aromatic rings. The summed E-state index contributed by atoms with van der Waals surface area (Å²) < 4.78 is 10.0. The number of furan rings is 1. The molecule has 0 fully saturated rings. The first-order valence-electron chi connectivity index (χ1n) is 5.05. The molecule has 2 heterocycles. The molecule has 0 aliphatic carbocycles. The topological polar surface area (TPSA) is 78.1 Å². The van der Waals surface area contributed by atoms with E-state index in [1.807, 2.05) is 6.92 Å². The van der Waals surface area contributed by atoms with Gasteiger partial charge in [0.25, 0.3) is 5.89 Å². The Bertz CT molecular complexity index is 466. The van der Waals surface area contributed by atoms with E-state index in [0.717, 1.165) is 12.8 Å². The fourth-order valence-corrected chi connectivity index (χ4v) is 1.58. The van der Waals surface area contributed by atoms with Crippen LogP contribution in [0.4, 0.5) is 0 Å². The highest BCUT2D eigenvalue weighted by Gasteiger charge is 2.17. The zero-order chi connectivity index (χ0) is 11.5. The van der Waals surface area contributed by atoms with E-state index in [1.165, 1.54) is 6.26 Å². The molecule has 0 bridgehead atoms. The van der Waals surface area contributed by atoms with Crippen molar-refractivity contribution < 1.29 is 8.94 Å². The van der Waals surface area contributed by atoms with E-state index < -0.39 is 0 Å². The normalized spacial score (nSPS) is 12.9. The fraction of sp³-hybridized carbons (Fsp3) is 0.400. The number of nitrogens with zero attached hydrogens (tertiary/aromatic N) is 2.